The van der Waals surface area contributed by atoms with Crippen molar-refractivity contribution in [1.29, 1.82) is 0 Å². The molecule has 0 spiro atoms. The molecule has 3 rings (SSSR count). The van der Waals surface area contributed by atoms with Crippen LogP contribution in [-0.2, 0) is 7.05 Å². The SMILES string of the molecule is Cc1nn(C)c(C)c1Oc1nc(N)nc(-n2cccn2)n1. The van der Waals surface area contributed by atoms with Crippen LogP contribution < -0.4 is 10.5 Å². The molecule has 108 valence electrons. The number of nitrogens with zero attached hydrogens (tertiary/aromatic N) is 7. The Kier molecular flexibility index (Phi) is 3.01. The van der Waals surface area contributed by atoms with Crippen molar-refractivity contribution in [3.8, 4) is 17.7 Å². The average molecular weight is 286 g/mol. The zero-order valence-corrected chi connectivity index (χ0v) is 11.8. The Balaban J connectivity index is 1.99. The number of ether oxygens (including phenoxy) is 1. The third kappa shape index (κ3) is 2.40. The Hall–Kier alpha value is -2.97. The molecule has 21 heavy (non-hydrogen) atoms. The highest BCUT2D eigenvalue weighted by Crippen LogP contribution is 2.26. The highest BCUT2D eigenvalue weighted by Gasteiger charge is 2.15. The van der Waals surface area contributed by atoms with Crippen molar-refractivity contribution in [2.75, 3.05) is 5.73 Å². The molecular formula is C12H14N8O. The monoisotopic (exact) mass is 286 g/mol. The fourth-order valence-electron chi connectivity index (χ4n) is 1.89. The molecule has 9 nitrogen and oxygen atoms in total. The number of nitrogen functional groups attached to an aromatic ring is 1. The minimum atomic E-state index is 0.0599. The topological polar surface area (TPSA) is 110 Å². The van der Waals surface area contributed by atoms with Gasteiger partial charge in [-0.05, 0) is 19.9 Å². The molecule has 0 radical (unpaired) electrons. The highest BCUT2D eigenvalue weighted by molar-refractivity contribution is 5.35. The van der Waals surface area contributed by atoms with E-state index in [1.165, 1.54) is 4.68 Å². The van der Waals surface area contributed by atoms with Gasteiger partial charge in [-0.15, -0.1) is 0 Å². The highest BCUT2D eigenvalue weighted by atomic mass is 16.5. The van der Waals surface area contributed by atoms with Crippen molar-refractivity contribution < 1.29 is 4.74 Å². The van der Waals surface area contributed by atoms with Crippen LogP contribution in [0.25, 0.3) is 5.95 Å². The van der Waals surface area contributed by atoms with Gasteiger partial charge in [0, 0.05) is 19.4 Å². The lowest BCUT2D eigenvalue weighted by Crippen LogP contribution is -2.08. The van der Waals surface area contributed by atoms with Crippen LogP contribution in [0, 0.1) is 13.8 Å². The Bertz CT molecular complexity index is 777. The van der Waals surface area contributed by atoms with Crippen LogP contribution in [-0.4, -0.2) is 34.5 Å². The molecule has 3 aromatic rings. The molecule has 9 heteroatoms. The van der Waals surface area contributed by atoms with Gasteiger partial charge in [-0.2, -0.15) is 25.1 Å². The van der Waals surface area contributed by atoms with E-state index in [1.807, 2.05) is 20.9 Å². The number of anilines is 1. The molecule has 3 aromatic heterocycles. The second kappa shape index (κ2) is 4.85. The number of nitrogens with two attached hydrogens (primary N) is 1. The predicted octanol–water partition coefficient (Wildman–Crippen LogP) is 0.782. The summed E-state index contributed by atoms with van der Waals surface area (Å²) in [7, 11) is 1.84. The lowest BCUT2D eigenvalue weighted by Gasteiger charge is -2.06. The number of hydrogen-bond acceptors (Lipinski definition) is 7. The summed E-state index contributed by atoms with van der Waals surface area (Å²) in [5.41, 5.74) is 7.31. The van der Waals surface area contributed by atoms with Gasteiger partial charge >= 0.3 is 6.01 Å². The van der Waals surface area contributed by atoms with Crippen LogP contribution in [0.1, 0.15) is 11.4 Å². The maximum atomic E-state index is 5.71. The summed E-state index contributed by atoms with van der Waals surface area (Å²) in [5.74, 6) is 0.959. The smallest absolute Gasteiger partial charge is 0.328 e. The standard InChI is InChI=1S/C12H14N8O/c1-7-9(8(2)19(3)18-7)21-12-16-10(13)15-11(17-12)20-6-4-5-14-20/h4-6H,1-3H3,(H2,13,15,16,17). The molecule has 0 aromatic carbocycles. The van der Waals surface area contributed by atoms with E-state index >= 15 is 0 Å². The van der Waals surface area contributed by atoms with Gasteiger partial charge in [0.25, 0.3) is 5.95 Å². The zero-order valence-electron chi connectivity index (χ0n) is 11.8. The minimum absolute atomic E-state index is 0.0599. The van der Waals surface area contributed by atoms with Crippen LogP contribution in [0.2, 0.25) is 0 Å². The lowest BCUT2D eigenvalue weighted by atomic mass is 10.3. The molecule has 0 amide bonds. The van der Waals surface area contributed by atoms with Gasteiger partial charge in [0.05, 0.1) is 5.69 Å². The van der Waals surface area contributed by atoms with Gasteiger partial charge < -0.3 is 10.5 Å². The van der Waals surface area contributed by atoms with E-state index in [0.29, 0.717) is 11.7 Å². The number of aromatic nitrogens is 7. The molecule has 0 atom stereocenters. The predicted molar refractivity (Wildman–Crippen MR) is 74.1 cm³/mol. The molecule has 0 aliphatic heterocycles. The third-order valence-corrected chi connectivity index (χ3v) is 2.97. The van der Waals surface area contributed by atoms with Crippen molar-refractivity contribution in [1.82, 2.24) is 34.5 Å². The fraction of sp³-hybridized carbons (Fsp3) is 0.250. The van der Waals surface area contributed by atoms with Crippen molar-refractivity contribution in [3.63, 3.8) is 0 Å². The van der Waals surface area contributed by atoms with E-state index in [4.69, 9.17) is 10.5 Å². The van der Waals surface area contributed by atoms with Crippen LogP contribution in [0.3, 0.4) is 0 Å². The first kappa shape index (κ1) is 13.0. The van der Waals surface area contributed by atoms with Crippen molar-refractivity contribution in [2.45, 2.75) is 13.8 Å². The minimum Gasteiger partial charge on any atom is -0.420 e. The molecule has 0 aliphatic rings. The van der Waals surface area contributed by atoms with Crippen molar-refractivity contribution in [2.24, 2.45) is 7.05 Å². The molecule has 3 heterocycles. The van der Waals surface area contributed by atoms with Gasteiger partial charge in [-0.3, -0.25) is 4.68 Å². The van der Waals surface area contributed by atoms with E-state index in [0.717, 1.165) is 11.4 Å². The maximum absolute atomic E-state index is 5.71. The summed E-state index contributed by atoms with van der Waals surface area (Å²) in [6.45, 7) is 3.75. The largest absolute Gasteiger partial charge is 0.420 e. The first-order valence-corrected chi connectivity index (χ1v) is 6.24. The van der Waals surface area contributed by atoms with E-state index in [1.54, 1.807) is 23.1 Å². The zero-order chi connectivity index (χ0) is 15.0. The molecule has 0 saturated carbocycles. The Morgan fingerprint density at radius 2 is 2.00 bits per heavy atom. The Morgan fingerprint density at radius 3 is 2.62 bits per heavy atom. The van der Waals surface area contributed by atoms with E-state index in [-0.39, 0.29) is 12.0 Å². The first-order valence-electron chi connectivity index (χ1n) is 6.24. The summed E-state index contributed by atoms with van der Waals surface area (Å²) in [4.78, 5) is 12.2. The van der Waals surface area contributed by atoms with E-state index in [2.05, 4.69) is 25.1 Å². The van der Waals surface area contributed by atoms with Gasteiger partial charge in [0.15, 0.2) is 5.75 Å². The fourth-order valence-corrected chi connectivity index (χ4v) is 1.89. The van der Waals surface area contributed by atoms with Gasteiger partial charge in [-0.25, -0.2) is 4.68 Å². The average Bonchev–Trinajstić information content (AvgIpc) is 3.04. The first-order chi connectivity index (χ1) is 10.0. The lowest BCUT2D eigenvalue weighted by molar-refractivity contribution is 0.431. The maximum Gasteiger partial charge on any atom is 0.328 e. The number of rotatable bonds is 3. The summed E-state index contributed by atoms with van der Waals surface area (Å²) in [6.07, 6.45) is 3.33. The molecule has 2 N–H and O–H groups in total. The molecule has 0 bridgehead atoms. The van der Waals surface area contributed by atoms with E-state index in [9.17, 15) is 0 Å². The molecule has 0 aliphatic carbocycles. The molecule has 0 saturated heterocycles. The molecule has 0 fully saturated rings. The number of aryl methyl sites for hydroxylation is 2. The third-order valence-electron chi connectivity index (χ3n) is 2.97. The second-order valence-corrected chi connectivity index (χ2v) is 4.45. The molecule has 0 unspecified atom stereocenters. The molecular weight excluding hydrogens is 272 g/mol. The van der Waals surface area contributed by atoms with Crippen LogP contribution in [0.5, 0.6) is 11.8 Å². The van der Waals surface area contributed by atoms with Crippen molar-refractivity contribution in [3.05, 3.63) is 29.8 Å². The van der Waals surface area contributed by atoms with Crippen molar-refractivity contribution >= 4 is 5.95 Å². The van der Waals surface area contributed by atoms with E-state index < -0.39 is 0 Å². The number of hydrogen-bond donors (Lipinski definition) is 1. The second-order valence-electron chi connectivity index (χ2n) is 4.45. The summed E-state index contributed by atoms with van der Waals surface area (Å²) in [6, 6.07) is 1.86. The van der Waals surface area contributed by atoms with Crippen LogP contribution in [0.15, 0.2) is 18.5 Å². The Labute approximate surface area is 120 Å². The van der Waals surface area contributed by atoms with Crippen LogP contribution in [0.4, 0.5) is 5.95 Å². The van der Waals surface area contributed by atoms with Crippen LogP contribution >= 0.6 is 0 Å². The summed E-state index contributed by atoms with van der Waals surface area (Å²) >= 11 is 0. The Morgan fingerprint density at radius 1 is 1.19 bits per heavy atom. The van der Waals surface area contributed by atoms with Gasteiger partial charge in [0.1, 0.15) is 5.69 Å². The normalized spacial score (nSPS) is 10.8. The quantitative estimate of drug-likeness (QED) is 0.757. The summed E-state index contributed by atoms with van der Waals surface area (Å²) in [5, 5.41) is 8.32. The summed E-state index contributed by atoms with van der Waals surface area (Å²) < 4.78 is 8.92. The van der Waals surface area contributed by atoms with Gasteiger partial charge in [0.2, 0.25) is 5.95 Å². The van der Waals surface area contributed by atoms with Gasteiger partial charge in [-0.1, -0.05) is 0 Å².